The number of morpholine rings is 1. The minimum atomic E-state index is -0.0262. The average Bonchev–Trinajstić information content (AvgIpc) is 3.10. The van der Waals surface area contributed by atoms with Gasteiger partial charge in [0.15, 0.2) is 11.5 Å². The van der Waals surface area contributed by atoms with E-state index in [4.69, 9.17) is 4.74 Å². The molecule has 3 aromatic rings. The van der Waals surface area contributed by atoms with Crippen molar-refractivity contribution in [3.05, 3.63) is 41.4 Å². The molecule has 0 atom stereocenters. The monoisotopic (exact) mass is 388 g/mol. The molecule has 1 aliphatic rings. The molecule has 122 valence electrons. The fourth-order valence-electron chi connectivity index (χ4n) is 2.53. The Kier molecular flexibility index (Phi) is 3.87. The smallest absolute Gasteiger partial charge is 0.253 e. The van der Waals surface area contributed by atoms with E-state index in [1.807, 2.05) is 24.3 Å². The van der Waals surface area contributed by atoms with Gasteiger partial charge in [-0.1, -0.05) is 0 Å². The highest BCUT2D eigenvalue weighted by molar-refractivity contribution is 9.10. The quantitative estimate of drug-likeness (QED) is 0.738. The largest absolute Gasteiger partial charge is 0.370 e. The highest BCUT2D eigenvalue weighted by atomic mass is 79.9. The Morgan fingerprint density at radius 3 is 2.83 bits per heavy atom. The molecule has 8 nitrogen and oxygen atoms in total. The number of rotatable bonds is 3. The van der Waals surface area contributed by atoms with Gasteiger partial charge in [0, 0.05) is 17.9 Å². The lowest BCUT2D eigenvalue weighted by Gasteiger charge is -2.26. The van der Waals surface area contributed by atoms with E-state index in [0.717, 1.165) is 16.0 Å². The van der Waals surface area contributed by atoms with Crippen LogP contribution in [0.3, 0.4) is 0 Å². The van der Waals surface area contributed by atoms with Gasteiger partial charge in [0.25, 0.3) is 5.91 Å². The van der Waals surface area contributed by atoms with E-state index in [1.165, 1.54) is 6.33 Å². The maximum Gasteiger partial charge on any atom is 0.253 e. The molecule has 24 heavy (non-hydrogen) atoms. The summed E-state index contributed by atoms with van der Waals surface area (Å²) in [4.78, 5) is 22.1. The van der Waals surface area contributed by atoms with E-state index in [2.05, 4.69) is 36.3 Å². The van der Waals surface area contributed by atoms with Gasteiger partial charge in [-0.25, -0.2) is 14.5 Å². The highest BCUT2D eigenvalue weighted by Crippen LogP contribution is 2.24. The predicted molar refractivity (Wildman–Crippen MR) is 91.4 cm³/mol. The molecular formula is C15H13BrN6O2. The fourth-order valence-corrected chi connectivity index (χ4v) is 2.89. The van der Waals surface area contributed by atoms with Crippen LogP contribution in [-0.4, -0.2) is 45.2 Å². The van der Waals surface area contributed by atoms with Crippen molar-refractivity contribution >= 4 is 44.7 Å². The van der Waals surface area contributed by atoms with Crippen molar-refractivity contribution in [1.82, 2.24) is 19.6 Å². The first kappa shape index (κ1) is 15.0. The Balaban J connectivity index is 1.58. The van der Waals surface area contributed by atoms with Crippen molar-refractivity contribution in [1.29, 1.82) is 0 Å². The van der Waals surface area contributed by atoms with Crippen molar-refractivity contribution in [2.75, 3.05) is 30.0 Å². The Morgan fingerprint density at radius 1 is 1.21 bits per heavy atom. The molecule has 1 N–H and O–H groups in total. The van der Waals surface area contributed by atoms with Crippen molar-refractivity contribution in [3.63, 3.8) is 0 Å². The number of amides is 1. The number of hydrogen-bond donors (Lipinski definition) is 1. The van der Waals surface area contributed by atoms with Gasteiger partial charge >= 0.3 is 0 Å². The van der Waals surface area contributed by atoms with Gasteiger partial charge in [-0.2, -0.15) is 5.10 Å². The first-order valence-electron chi connectivity index (χ1n) is 7.32. The molecular weight excluding hydrogens is 376 g/mol. The van der Waals surface area contributed by atoms with Crippen molar-refractivity contribution in [2.45, 2.75) is 0 Å². The minimum Gasteiger partial charge on any atom is -0.370 e. The molecule has 0 saturated carbocycles. The van der Waals surface area contributed by atoms with Crippen LogP contribution >= 0.6 is 15.9 Å². The van der Waals surface area contributed by atoms with E-state index < -0.39 is 0 Å². The third-order valence-corrected chi connectivity index (χ3v) is 4.23. The van der Waals surface area contributed by atoms with Gasteiger partial charge in [-0.3, -0.25) is 4.79 Å². The van der Waals surface area contributed by atoms with Crippen LogP contribution in [0.1, 0.15) is 0 Å². The van der Waals surface area contributed by atoms with Gasteiger partial charge in [0.1, 0.15) is 17.5 Å². The molecule has 1 aliphatic heterocycles. The van der Waals surface area contributed by atoms with Crippen LogP contribution in [0.5, 0.6) is 0 Å². The molecule has 4 rings (SSSR count). The van der Waals surface area contributed by atoms with E-state index in [9.17, 15) is 4.79 Å². The summed E-state index contributed by atoms with van der Waals surface area (Å²) in [6.45, 7) is 1.26. The Morgan fingerprint density at radius 2 is 2.04 bits per heavy atom. The third-order valence-electron chi connectivity index (χ3n) is 3.69. The van der Waals surface area contributed by atoms with Crippen LogP contribution in [0.25, 0.3) is 5.65 Å². The second kappa shape index (κ2) is 6.17. The van der Waals surface area contributed by atoms with Crippen LogP contribution in [0.4, 0.5) is 17.2 Å². The maximum absolute atomic E-state index is 11.9. The molecule has 0 radical (unpaired) electrons. The maximum atomic E-state index is 11.9. The summed E-state index contributed by atoms with van der Waals surface area (Å²) in [6.07, 6.45) is 3.13. The van der Waals surface area contributed by atoms with Crippen molar-refractivity contribution < 1.29 is 9.53 Å². The van der Waals surface area contributed by atoms with Crippen LogP contribution in [-0.2, 0) is 9.53 Å². The van der Waals surface area contributed by atoms with Crippen LogP contribution in [0.15, 0.2) is 41.4 Å². The zero-order valence-corrected chi connectivity index (χ0v) is 14.1. The van der Waals surface area contributed by atoms with E-state index in [-0.39, 0.29) is 12.5 Å². The van der Waals surface area contributed by atoms with E-state index in [1.54, 1.807) is 15.6 Å². The summed E-state index contributed by atoms with van der Waals surface area (Å²) in [5.74, 6) is 0.576. The summed E-state index contributed by atoms with van der Waals surface area (Å²) in [5, 5.41) is 7.35. The van der Waals surface area contributed by atoms with Gasteiger partial charge in [0.2, 0.25) is 0 Å². The zero-order chi connectivity index (χ0) is 16.5. The van der Waals surface area contributed by atoms with Gasteiger partial charge < -0.3 is 15.0 Å². The summed E-state index contributed by atoms with van der Waals surface area (Å²) in [6, 6.07) is 7.58. The number of anilines is 3. The van der Waals surface area contributed by atoms with Crippen molar-refractivity contribution in [3.8, 4) is 0 Å². The lowest BCUT2D eigenvalue weighted by molar-refractivity contribution is -0.125. The Labute approximate surface area is 145 Å². The molecule has 0 aliphatic carbocycles. The lowest BCUT2D eigenvalue weighted by atomic mass is 10.2. The molecule has 1 fully saturated rings. The molecule has 0 spiro atoms. The van der Waals surface area contributed by atoms with E-state index in [0.29, 0.717) is 24.6 Å². The topological polar surface area (TPSA) is 84.7 Å². The average molecular weight is 389 g/mol. The molecule has 0 bridgehead atoms. The highest BCUT2D eigenvalue weighted by Gasteiger charge is 2.20. The SMILES string of the molecule is O=C1COCCN1c1ccc(Nc2ncc(Br)n3ncnc23)cc1. The summed E-state index contributed by atoms with van der Waals surface area (Å²) in [5.41, 5.74) is 2.32. The number of carbonyl (C=O) groups excluding carboxylic acids is 1. The first-order valence-corrected chi connectivity index (χ1v) is 8.11. The summed E-state index contributed by atoms with van der Waals surface area (Å²) >= 11 is 3.38. The van der Waals surface area contributed by atoms with Gasteiger partial charge in [0.05, 0.1) is 12.8 Å². The number of ether oxygens (including phenoxy) is 1. The standard InChI is InChI=1S/C15H13BrN6O2/c16-12-7-17-14(15-18-9-19-22(12)15)20-10-1-3-11(4-2-10)21-5-6-24-8-13(21)23/h1-4,7,9H,5-6,8H2,(H,17,20). The number of halogens is 1. The summed E-state index contributed by atoms with van der Waals surface area (Å²) < 4.78 is 7.52. The second-order valence-electron chi connectivity index (χ2n) is 5.19. The van der Waals surface area contributed by atoms with Crippen LogP contribution in [0.2, 0.25) is 0 Å². The van der Waals surface area contributed by atoms with Crippen LogP contribution < -0.4 is 10.2 Å². The number of hydrogen-bond acceptors (Lipinski definition) is 6. The summed E-state index contributed by atoms with van der Waals surface area (Å²) in [7, 11) is 0. The number of fused-ring (bicyclic) bond motifs is 1. The zero-order valence-electron chi connectivity index (χ0n) is 12.5. The molecule has 1 aromatic carbocycles. The minimum absolute atomic E-state index is 0.0262. The fraction of sp³-hybridized carbons (Fsp3) is 0.200. The molecule has 3 heterocycles. The molecule has 1 amide bonds. The number of aromatic nitrogens is 4. The molecule has 1 saturated heterocycles. The molecule has 9 heteroatoms. The van der Waals surface area contributed by atoms with Gasteiger partial charge in [-0.15, -0.1) is 0 Å². The Bertz CT molecular complexity index is 895. The normalized spacial score (nSPS) is 15.0. The first-order chi connectivity index (χ1) is 11.7. The number of carbonyl (C=O) groups is 1. The third kappa shape index (κ3) is 2.72. The number of nitrogens with one attached hydrogen (secondary N) is 1. The van der Waals surface area contributed by atoms with Crippen molar-refractivity contribution in [2.24, 2.45) is 0 Å². The lowest BCUT2D eigenvalue weighted by Crippen LogP contribution is -2.41. The van der Waals surface area contributed by atoms with E-state index >= 15 is 0 Å². The predicted octanol–water partition coefficient (Wildman–Crippen LogP) is 1.99. The molecule has 2 aromatic heterocycles. The molecule has 0 unspecified atom stereocenters. The van der Waals surface area contributed by atoms with Gasteiger partial charge in [-0.05, 0) is 40.2 Å². The van der Waals surface area contributed by atoms with Crippen LogP contribution in [0, 0.1) is 0 Å². The number of benzene rings is 1. The number of nitrogens with zero attached hydrogens (tertiary/aromatic N) is 5. The Hall–Kier alpha value is -2.52. The second-order valence-corrected chi connectivity index (χ2v) is 6.01.